The Balaban J connectivity index is 2.13. The van der Waals surface area contributed by atoms with E-state index in [1.165, 1.54) is 16.7 Å². The van der Waals surface area contributed by atoms with E-state index < -0.39 is 0 Å². The van der Waals surface area contributed by atoms with Crippen molar-refractivity contribution in [1.29, 1.82) is 0 Å². The molecule has 0 nitrogen and oxygen atoms in total. The summed E-state index contributed by atoms with van der Waals surface area (Å²) in [4.78, 5) is 0.994. The van der Waals surface area contributed by atoms with E-state index in [0.29, 0.717) is 0 Å². The number of hydrogen-bond donors (Lipinski definition) is 1. The molecule has 2 heteroatoms. The van der Waals surface area contributed by atoms with Gasteiger partial charge in [0.05, 0.1) is 0 Å². The molecule has 3 rings (SSSR count). The molecule has 0 unspecified atom stereocenters. The zero-order valence-corrected chi connectivity index (χ0v) is 13.3. The van der Waals surface area contributed by atoms with Gasteiger partial charge in [0, 0.05) is 9.92 Å². The number of benzene rings is 3. The lowest BCUT2D eigenvalue weighted by molar-refractivity contribution is 1.40. The van der Waals surface area contributed by atoms with Crippen molar-refractivity contribution in [3.05, 3.63) is 77.3 Å². The van der Waals surface area contributed by atoms with Crippen LogP contribution in [0.4, 0.5) is 0 Å². The van der Waals surface area contributed by atoms with Crippen LogP contribution in [0.5, 0.6) is 0 Å². The summed E-state index contributed by atoms with van der Waals surface area (Å²) in [5.74, 6) is 0. The standard InChI is InChI=1S/C19H15ClS/c1-13-6-7-15(14-8-10-16(20)11-9-14)12-18(13)17-4-2-3-5-19(17)21/h2-12,21H,1H3. The molecule has 3 aromatic carbocycles. The molecular formula is C19H15ClS. The molecule has 0 spiro atoms. The molecule has 104 valence electrons. The van der Waals surface area contributed by atoms with Crippen molar-refractivity contribution >= 4 is 24.2 Å². The van der Waals surface area contributed by atoms with Crippen molar-refractivity contribution in [2.45, 2.75) is 11.8 Å². The van der Waals surface area contributed by atoms with Crippen molar-refractivity contribution < 1.29 is 0 Å². The fraction of sp³-hybridized carbons (Fsp3) is 0.0526. The van der Waals surface area contributed by atoms with Crippen molar-refractivity contribution in [3.63, 3.8) is 0 Å². The highest BCUT2D eigenvalue weighted by molar-refractivity contribution is 7.80. The number of halogens is 1. The van der Waals surface area contributed by atoms with E-state index in [1.807, 2.05) is 42.5 Å². The Morgan fingerprint density at radius 1 is 0.762 bits per heavy atom. The second-order valence-corrected chi connectivity index (χ2v) is 5.97. The Labute approximate surface area is 135 Å². The second-order valence-electron chi connectivity index (χ2n) is 5.05. The zero-order valence-electron chi connectivity index (χ0n) is 11.7. The number of aryl methyl sites for hydroxylation is 1. The molecule has 3 aromatic rings. The number of thiol groups is 1. The van der Waals surface area contributed by atoms with Crippen molar-refractivity contribution in [2.24, 2.45) is 0 Å². The molecule has 0 aromatic heterocycles. The third-order valence-corrected chi connectivity index (χ3v) is 4.25. The van der Waals surface area contributed by atoms with Gasteiger partial charge in [-0.1, -0.05) is 54.1 Å². The third kappa shape index (κ3) is 2.99. The largest absolute Gasteiger partial charge is 0.143 e. The summed E-state index contributed by atoms with van der Waals surface area (Å²) in [7, 11) is 0. The fourth-order valence-corrected chi connectivity index (χ4v) is 2.84. The van der Waals surface area contributed by atoms with Crippen LogP contribution in [-0.2, 0) is 0 Å². The summed E-state index contributed by atoms with van der Waals surface area (Å²) in [6, 6.07) is 22.6. The van der Waals surface area contributed by atoms with E-state index in [9.17, 15) is 0 Å². The molecule has 0 N–H and O–H groups in total. The Hall–Kier alpha value is -1.70. The predicted octanol–water partition coefficient (Wildman–Crippen LogP) is 6.27. The van der Waals surface area contributed by atoms with E-state index in [4.69, 9.17) is 11.6 Å². The third-order valence-electron chi connectivity index (χ3n) is 3.61. The predicted molar refractivity (Wildman–Crippen MR) is 94.3 cm³/mol. The minimum Gasteiger partial charge on any atom is -0.143 e. The summed E-state index contributed by atoms with van der Waals surface area (Å²) in [5, 5.41) is 0.756. The summed E-state index contributed by atoms with van der Waals surface area (Å²) in [6.07, 6.45) is 0. The smallest absolute Gasteiger partial charge is 0.0406 e. The maximum Gasteiger partial charge on any atom is 0.0406 e. The first kappa shape index (κ1) is 14.2. The van der Waals surface area contributed by atoms with E-state index in [2.05, 4.69) is 43.8 Å². The molecule has 0 aliphatic heterocycles. The Morgan fingerprint density at radius 3 is 2.14 bits per heavy atom. The van der Waals surface area contributed by atoms with E-state index >= 15 is 0 Å². The minimum absolute atomic E-state index is 0.756. The SMILES string of the molecule is Cc1ccc(-c2ccc(Cl)cc2)cc1-c1ccccc1S. The molecule has 0 radical (unpaired) electrons. The van der Waals surface area contributed by atoms with Crippen LogP contribution in [-0.4, -0.2) is 0 Å². The quantitative estimate of drug-likeness (QED) is 0.530. The second kappa shape index (κ2) is 5.97. The van der Waals surface area contributed by atoms with E-state index in [-0.39, 0.29) is 0 Å². The normalized spacial score (nSPS) is 10.6. The van der Waals surface area contributed by atoms with Gasteiger partial charge >= 0.3 is 0 Å². The minimum atomic E-state index is 0.756. The summed E-state index contributed by atoms with van der Waals surface area (Å²) in [5.41, 5.74) is 5.97. The Bertz CT molecular complexity index is 776. The molecule has 0 amide bonds. The van der Waals surface area contributed by atoms with Crippen LogP contribution in [0.2, 0.25) is 5.02 Å². The Morgan fingerprint density at radius 2 is 1.43 bits per heavy atom. The van der Waals surface area contributed by atoms with Crippen molar-refractivity contribution in [3.8, 4) is 22.3 Å². The number of hydrogen-bond acceptors (Lipinski definition) is 1. The molecule has 21 heavy (non-hydrogen) atoms. The van der Waals surface area contributed by atoms with Gasteiger partial charge in [-0.25, -0.2) is 0 Å². The first-order chi connectivity index (χ1) is 10.1. The first-order valence-corrected chi connectivity index (χ1v) is 7.62. The van der Waals surface area contributed by atoms with Gasteiger partial charge in [-0.3, -0.25) is 0 Å². The lowest BCUT2D eigenvalue weighted by atomic mass is 9.95. The van der Waals surface area contributed by atoms with Crippen molar-refractivity contribution in [1.82, 2.24) is 0 Å². The van der Waals surface area contributed by atoms with Gasteiger partial charge in [0.15, 0.2) is 0 Å². The van der Waals surface area contributed by atoms with E-state index in [1.54, 1.807) is 0 Å². The highest BCUT2D eigenvalue weighted by Gasteiger charge is 2.07. The molecule has 0 saturated carbocycles. The van der Waals surface area contributed by atoms with Gasteiger partial charge in [0.1, 0.15) is 0 Å². The van der Waals surface area contributed by atoms with Gasteiger partial charge in [-0.05, 0) is 59.0 Å². The van der Waals surface area contributed by atoms with Crippen molar-refractivity contribution in [2.75, 3.05) is 0 Å². The maximum absolute atomic E-state index is 5.96. The maximum atomic E-state index is 5.96. The Kier molecular flexibility index (Phi) is 4.05. The fourth-order valence-electron chi connectivity index (χ4n) is 2.44. The average Bonchev–Trinajstić information content (AvgIpc) is 2.50. The monoisotopic (exact) mass is 310 g/mol. The molecule has 0 fully saturated rings. The van der Waals surface area contributed by atoms with Crippen LogP contribution in [0, 0.1) is 6.92 Å². The molecule has 0 atom stereocenters. The van der Waals surface area contributed by atoms with Gasteiger partial charge in [0.25, 0.3) is 0 Å². The molecule has 0 aliphatic rings. The van der Waals surface area contributed by atoms with Crippen LogP contribution in [0.3, 0.4) is 0 Å². The topological polar surface area (TPSA) is 0 Å². The molecular weight excluding hydrogens is 296 g/mol. The highest BCUT2D eigenvalue weighted by atomic mass is 35.5. The average molecular weight is 311 g/mol. The van der Waals surface area contributed by atoms with Gasteiger partial charge < -0.3 is 0 Å². The van der Waals surface area contributed by atoms with E-state index in [0.717, 1.165) is 21.0 Å². The van der Waals surface area contributed by atoms with Crippen LogP contribution in [0.1, 0.15) is 5.56 Å². The van der Waals surface area contributed by atoms with Gasteiger partial charge in [-0.2, -0.15) is 0 Å². The lowest BCUT2D eigenvalue weighted by Gasteiger charge is -2.11. The zero-order chi connectivity index (χ0) is 14.8. The van der Waals surface area contributed by atoms with Crippen LogP contribution < -0.4 is 0 Å². The number of rotatable bonds is 2. The van der Waals surface area contributed by atoms with Gasteiger partial charge in [-0.15, -0.1) is 12.6 Å². The van der Waals surface area contributed by atoms with Crippen LogP contribution in [0.25, 0.3) is 22.3 Å². The van der Waals surface area contributed by atoms with Crippen LogP contribution >= 0.6 is 24.2 Å². The summed E-state index contributed by atoms with van der Waals surface area (Å²) >= 11 is 10.5. The van der Waals surface area contributed by atoms with Crippen LogP contribution in [0.15, 0.2) is 71.6 Å². The molecule has 0 heterocycles. The summed E-state index contributed by atoms with van der Waals surface area (Å²) < 4.78 is 0. The molecule has 0 aliphatic carbocycles. The molecule has 0 saturated heterocycles. The van der Waals surface area contributed by atoms with Gasteiger partial charge in [0.2, 0.25) is 0 Å². The summed E-state index contributed by atoms with van der Waals surface area (Å²) in [6.45, 7) is 2.13. The molecule has 0 bridgehead atoms. The first-order valence-electron chi connectivity index (χ1n) is 6.80. The highest BCUT2D eigenvalue weighted by Crippen LogP contribution is 2.33. The lowest BCUT2D eigenvalue weighted by Crippen LogP contribution is -1.87.